The molecule has 0 aliphatic carbocycles. The molecule has 1 N–H and O–H groups in total. The van der Waals surface area contributed by atoms with E-state index in [1.54, 1.807) is 6.92 Å². The second-order valence-electron chi connectivity index (χ2n) is 5.54. The summed E-state index contributed by atoms with van der Waals surface area (Å²) in [6.45, 7) is 8.32. The first-order valence-electron chi connectivity index (χ1n) is 6.05. The summed E-state index contributed by atoms with van der Waals surface area (Å²) in [5.74, 6) is 0.636. The van der Waals surface area contributed by atoms with E-state index in [1.165, 1.54) is 11.6 Å². The third kappa shape index (κ3) is 2.67. The summed E-state index contributed by atoms with van der Waals surface area (Å²) in [7, 11) is 0. The summed E-state index contributed by atoms with van der Waals surface area (Å²) < 4.78 is 0. The average molecular weight is 242 g/mol. The van der Waals surface area contributed by atoms with Gasteiger partial charge in [-0.3, -0.25) is 4.79 Å². The van der Waals surface area contributed by atoms with Crippen LogP contribution in [0, 0.1) is 6.92 Å². The number of aromatic nitrogens is 2. The molecular weight excluding hydrogens is 224 g/mol. The molecule has 0 spiro atoms. The fraction of sp³-hybridized carbons (Fsp3) is 0.333. The summed E-state index contributed by atoms with van der Waals surface area (Å²) in [6.07, 6.45) is 0. The number of aromatic amines is 1. The molecule has 0 saturated carbocycles. The van der Waals surface area contributed by atoms with Crippen LogP contribution in [0.5, 0.6) is 0 Å². The molecule has 1 heterocycles. The molecule has 0 amide bonds. The van der Waals surface area contributed by atoms with E-state index in [1.807, 2.05) is 12.1 Å². The highest BCUT2D eigenvalue weighted by atomic mass is 16.1. The van der Waals surface area contributed by atoms with Crippen LogP contribution in [0.1, 0.15) is 32.2 Å². The molecule has 0 aliphatic heterocycles. The molecule has 0 saturated heterocycles. The van der Waals surface area contributed by atoms with Gasteiger partial charge in [-0.25, -0.2) is 4.98 Å². The Balaban J connectivity index is 2.43. The Hall–Kier alpha value is -1.90. The summed E-state index contributed by atoms with van der Waals surface area (Å²) in [5, 5.41) is 0. The normalized spacial score (nSPS) is 11.6. The molecule has 0 aliphatic rings. The van der Waals surface area contributed by atoms with Crippen molar-refractivity contribution in [3.63, 3.8) is 0 Å². The minimum Gasteiger partial charge on any atom is -0.311 e. The number of hydrogen-bond acceptors (Lipinski definition) is 2. The number of nitrogens with zero attached hydrogens (tertiary/aromatic N) is 1. The van der Waals surface area contributed by atoms with Gasteiger partial charge in [0.1, 0.15) is 5.82 Å². The smallest absolute Gasteiger partial charge is 0.251 e. The molecule has 0 unspecified atom stereocenters. The zero-order chi connectivity index (χ0) is 13.3. The van der Waals surface area contributed by atoms with Gasteiger partial charge in [0.25, 0.3) is 5.56 Å². The molecule has 3 nitrogen and oxygen atoms in total. The first-order chi connectivity index (χ1) is 8.36. The van der Waals surface area contributed by atoms with Gasteiger partial charge >= 0.3 is 0 Å². The highest BCUT2D eigenvalue weighted by Gasteiger charge is 2.13. The molecule has 18 heavy (non-hydrogen) atoms. The molecule has 0 atom stereocenters. The van der Waals surface area contributed by atoms with E-state index in [0.717, 1.165) is 11.3 Å². The first kappa shape index (κ1) is 12.6. The molecule has 1 aromatic heterocycles. The quantitative estimate of drug-likeness (QED) is 0.835. The van der Waals surface area contributed by atoms with E-state index < -0.39 is 0 Å². The number of H-pyrrole nitrogens is 1. The summed E-state index contributed by atoms with van der Waals surface area (Å²) in [5.41, 5.74) is 2.98. The van der Waals surface area contributed by atoms with E-state index in [4.69, 9.17) is 0 Å². The van der Waals surface area contributed by atoms with Gasteiger partial charge in [-0.2, -0.15) is 0 Å². The van der Waals surface area contributed by atoms with Crippen LogP contribution in [-0.4, -0.2) is 9.97 Å². The Kier molecular flexibility index (Phi) is 3.07. The topological polar surface area (TPSA) is 45.8 Å². The first-order valence-corrected chi connectivity index (χ1v) is 6.05. The third-order valence-electron chi connectivity index (χ3n) is 2.91. The Morgan fingerprint density at radius 3 is 2.22 bits per heavy atom. The van der Waals surface area contributed by atoms with E-state index in [2.05, 4.69) is 42.9 Å². The largest absolute Gasteiger partial charge is 0.311 e. The molecule has 94 valence electrons. The Morgan fingerprint density at radius 2 is 1.72 bits per heavy atom. The van der Waals surface area contributed by atoms with E-state index >= 15 is 0 Å². The summed E-state index contributed by atoms with van der Waals surface area (Å²) >= 11 is 0. The van der Waals surface area contributed by atoms with Crippen LogP contribution in [0.15, 0.2) is 35.1 Å². The van der Waals surface area contributed by atoms with Gasteiger partial charge in [-0.1, -0.05) is 45.0 Å². The highest BCUT2D eigenvalue weighted by molar-refractivity contribution is 5.59. The molecule has 0 fully saturated rings. The second kappa shape index (κ2) is 4.41. The second-order valence-corrected chi connectivity index (χ2v) is 5.54. The number of hydrogen-bond donors (Lipinski definition) is 1. The van der Waals surface area contributed by atoms with Crippen molar-refractivity contribution < 1.29 is 0 Å². The minimum absolute atomic E-state index is 0.114. The van der Waals surface area contributed by atoms with Crippen molar-refractivity contribution in [3.05, 3.63) is 52.1 Å². The summed E-state index contributed by atoms with van der Waals surface area (Å²) in [4.78, 5) is 18.4. The van der Waals surface area contributed by atoms with Crippen LogP contribution in [0.3, 0.4) is 0 Å². The maximum Gasteiger partial charge on any atom is 0.251 e. The van der Waals surface area contributed by atoms with Crippen LogP contribution in [0.4, 0.5) is 0 Å². The van der Waals surface area contributed by atoms with Crippen molar-refractivity contribution in [3.8, 4) is 11.3 Å². The van der Waals surface area contributed by atoms with Crippen LogP contribution in [0.2, 0.25) is 0 Å². The fourth-order valence-electron chi connectivity index (χ4n) is 1.87. The minimum atomic E-state index is -0.114. The standard InChI is InChI=1S/C15H18N2O/c1-10-16-13(9-14(18)17-10)11-5-7-12(8-6-11)15(2,3)4/h5-9H,1-4H3,(H,16,17,18). The van der Waals surface area contributed by atoms with Crippen molar-refractivity contribution in [2.45, 2.75) is 33.1 Å². The van der Waals surface area contributed by atoms with E-state index in [-0.39, 0.29) is 11.0 Å². The van der Waals surface area contributed by atoms with Crippen LogP contribution in [-0.2, 0) is 5.41 Å². The van der Waals surface area contributed by atoms with Gasteiger partial charge in [-0.05, 0) is 17.9 Å². The highest BCUT2D eigenvalue weighted by Crippen LogP contribution is 2.24. The van der Waals surface area contributed by atoms with Crippen molar-refractivity contribution in [2.75, 3.05) is 0 Å². The van der Waals surface area contributed by atoms with Gasteiger partial charge in [0.15, 0.2) is 0 Å². The van der Waals surface area contributed by atoms with E-state index in [9.17, 15) is 4.79 Å². The molecule has 3 heteroatoms. The van der Waals surface area contributed by atoms with Gasteiger partial charge in [0.2, 0.25) is 0 Å². The van der Waals surface area contributed by atoms with Gasteiger partial charge in [-0.15, -0.1) is 0 Å². The lowest BCUT2D eigenvalue weighted by Crippen LogP contribution is -2.11. The number of aryl methyl sites for hydroxylation is 1. The lowest BCUT2D eigenvalue weighted by atomic mass is 9.86. The van der Waals surface area contributed by atoms with Gasteiger partial charge in [0.05, 0.1) is 5.69 Å². The van der Waals surface area contributed by atoms with Crippen LogP contribution < -0.4 is 5.56 Å². The SMILES string of the molecule is Cc1nc(-c2ccc(C(C)(C)C)cc2)cc(=O)[nH]1. The molecule has 2 aromatic rings. The number of nitrogens with one attached hydrogen (secondary N) is 1. The van der Waals surface area contributed by atoms with Crippen molar-refractivity contribution >= 4 is 0 Å². The molecule has 2 rings (SSSR count). The third-order valence-corrected chi connectivity index (χ3v) is 2.91. The Morgan fingerprint density at radius 1 is 1.11 bits per heavy atom. The molecule has 0 bridgehead atoms. The lowest BCUT2D eigenvalue weighted by Gasteiger charge is -2.19. The molecular formula is C15H18N2O. The van der Waals surface area contributed by atoms with Crippen LogP contribution >= 0.6 is 0 Å². The predicted molar refractivity (Wildman–Crippen MR) is 73.7 cm³/mol. The summed E-state index contributed by atoms with van der Waals surface area (Å²) in [6, 6.07) is 9.74. The fourth-order valence-corrected chi connectivity index (χ4v) is 1.87. The van der Waals surface area contributed by atoms with Gasteiger partial charge in [0, 0.05) is 11.6 Å². The Bertz CT molecular complexity index is 604. The maximum absolute atomic E-state index is 11.4. The Labute approximate surface area is 107 Å². The zero-order valence-corrected chi connectivity index (χ0v) is 11.2. The molecule has 0 radical (unpaired) electrons. The maximum atomic E-state index is 11.4. The average Bonchev–Trinajstić information content (AvgIpc) is 2.27. The number of rotatable bonds is 1. The predicted octanol–water partition coefficient (Wildman–Crippen LogP) is 3.04. The van der Waals surface area contributed by atoms with Crippen molar-refractivity contribution in [2.24, 2.45) is 0 Å². The molecule has 1 aromatic carbocycles. The van der Waals surface area contributed by atoms with E-state index in [0.29, 0.717) is 5.82 Å². The zero-order valence-electron chi connectivity index (χ0n) is 11.2. The van der Waals surface area contributed by atoms with Crippen LogP contribution in [0.25, 0.3) is 11.3 Å². The van der Waals surface area contributed by atoms with Crippen molar-refractivity contribution in [1.82, 2.24) is 9.97 Å². The van der Waals surface area contributed by atoms with Gasteiger partial charge < -0.3 is 4.98 Å². The number of benzene rings is 1. The monoisotopic (exact) mass is 242 g/mol. The van der Waals surface area contributed by atoms with Crippen molar-refractivity contribution in [1.29, 1.82) is 0 Å². The lowest BCUT2D eigenvalue weighted by molar-refractivity contribution is 0.590.